The highest BCUT2D eigenvalue weighted by molar-refractivity contribution is 7.07. The van der Waals surface area contributed by atoms with Crippen LogP contribution < -0.4 is 0 Å². The molecule has 18 heavy (non-hydrogen) atoms. The molecular formula is C14H21N3S. The summed E-state index contributed by atoms with van der Waals surface area (Å²) >= 11 is 1.67. The second-order valence-electron chi connectivity index (χ2n) is 6.04. The van der Waals surface area contributed by atoms with Gasteiger partial charge in [0.2, 0.25) is 0 Å². The topological polar surface area (TPSA) is 30.7 Å². The zero-order valence-electron chi connectivity index (χ0n) is 11.6. The van der Waals surface area contributed by atoms with Gasteiger partial charge in [0.05, 0.1) is 17.5 Å². The first-order valence-electron chi connectivity index (χ1n) is 6.29. The number of imidazole rings is 1. The monoisotopic (exact) mass is 263 g/mol. The fourth-order valence-electron chi connectivity index (χ4n) is 2.04. The molecule has 0 bridgehead atoms. The van der Waals surface area contributed by atoms with Gasteiger partial charge in [-0.1, -0.05) is 13.8 Å². The standard InChI is InChI=1S/C14H21N3S/c1-13(2,12-9-18-11-16-12)5-6-14(3,4)17-8-7-15-10-17/h7-11H,5-6H2,1-4H3. The Balaban J connectivity index is 2.03. The largest absolute Gasteiger partial charge is 0.332 e. The van der Waals surface area contributed by atoms with E-state index in [1.54, 1.807) is 11.3 Å². The molecule has 0 aliphatic carbocycles. The molecule has 4 heteroatoms. The van der Waals surface area contributed by atoms with Crippen LogP contribution in [0.5, 0.6) is 0 Å². The number of nitrogens with zero attached hydrogens (tertiary/aromatic N) is 3. The Morgan fingerprint density at radius 2 is 2.00 bits per heavy atom. The Kier molecular flexibility index (Phi) is 3.57. The van der Waals surface area contributed by atoms with Gasteiger partial charge in [0.1, 0.15) is 0 Å². The van der Waals surface area contributed by atoms with Crippen LogP contribution in [0.2, 0.25) is 0 Å². The Morgan fingerprint density at radius 3 is 2.56 bits per heavy atom. The molecule has 2 rings (SSSR count). The van der Waals surface area contributed by atoms with Crippen molar-refractivity contribution in [1.29, 1.82) is 0 Å². The van der Waals surface area contributed by atoms with Crippen molar-refractivity contribution in [3.05, 3.63) is 35.3 Å². The van der Waals surface area contributed by atoms with Crippen LogP contribution in [0.1, 0.15) is 46.2 Å². The van der Waals surface area contributed by atoms with Gasteiger partial charge in [-0.15, -0.1) is 11.3 Å². The van der Waals surface area contributed by atoms with Gasteiger partial charge in [0.25, 0.3) is 0 Å². The van der Waals surface area contributed by atoms with E-state index in [0.717, 1.165) is 12.8 Å². The first-order valence-corrected chi connectivity index (χ1v) is 7.23. The summed E-state index contributed by atoms with van der Waals surface area (Å²) in [6.07, 6.45) is 7.99. The van der Waals surface area contributed by atoms with Gasteiger partial charge in [-0.2, -0.15) is 0 Å². The molecule has 0 N–H and O–H groups in total. The molecule has 0 atom stereocenters. The van der Waals surface area contributed by atoms with E-state index in [4.69, 9.17) is 0 Å². The van der Waals surface area contributed by atoms with E-state index >= 15 is 0 Å². The normalized spacial score (nSPS) is 12.9. The predicted octanol–water partition coefficient (Wildman–Crippen LogP) is 3.83. The molecule has 0 amide bonds. The molecule has 0 spiro atoms. The summed E-state index contributed by atoms with van der Waals surface area (Å²) in [4.78, 5) is 8.59. The number of rotatable bonds is 5. The molecule has 0 aliphatic heterocycles. The van der Waals surface area contributed by atoms with Crippen LogP contribution in [-0.2, 0) is 11.0 Å². The third-order valence-corrected chi connectivity index (χ3v) is 4.28. The van der Waals surface area contributed by atoms with Crippen molar-refractivity contribution in [2.24, 2.45) is 0 Å². The van der Waals surface area contributed by atoms with Gasteiger partial charge >= 0.3 is 0 Å². The SMILES string of the molecule is CC(C)(CCC(C)(C)n1ccnc1)c1cscn1. The maximum atomic E-state index is 4.45. The van der Waals surface area contributed by atoms with Crippen LogP contribution in [0, 0.1) is 0 Å². The third-order valence-electron chi connectivity index (χ3n) is 3.69. The van der Waals surface area contributed by atoms with Crippen LogP contribution in [0.25, 0.3) is 0 Å². The van der Waals surface area contributed by atoms with Crippen molar-refractivity contribution >= 4 is 11.3 Å². The highest BCUT2D eigenvalue weighted by Crippen LogP contribution is 2.32. The van der Waals surface area contributed by atoms with E-state index in [-0.39, 0.29) is 11.0 Å². The summed E-state index contributed by atoms with van der Waals surface area (Å²) in [5.41, 5.74) is 3.36. The van der Waals surface area contributed by atoms with Crippen LogP contribution in [0.15, 0.2) is 29.6 Å². The fourth-order valence-corrected chi connectivity index (χ4v) is 2.78. The second-order valence-corrected chi connectivity index (χ2v) is 6.76. The summed E-state index contributed by atoms with van der Waals surface area (Å²) in [6.45, 7) is 9.05. The van der Waals surface area contributed by atoms with Crippen molar-refractivity contribution in [3.8, 4) is 0 Å². The first kappa shape index (κ1) is 13.3. The van der Waals surface area contributed by atoms with E-state index in [2.05, 4.69) is 47.6 Å². The lowest BCUT2D eigenvalue weighted by Crippen LogP contribution is -2.29. The fraction of sp³-hybridized carbons (Fsp3) is 0.571. The van der Waals surface area contributed by atoms with E-state index in [1.807, 2.05) is 24.2 Å². The molecule has 2 aromatic rings. The van der Waals surface area contributed by atoms with Gasteiger partial charge in [0.15, 0.2) is 0 Å². The molecule has 2 heterocycles. The quantitative estimate of drug-likeness (QED) is 0.820. The van der Waals surface area contributed by atoms with Gasteiger partial charge in [-0.05, 0) is 26.7 Å². The lowest BCUT2D eigenvalue weighted by atomic mass is 9.81. The molecule has 0 aromatic carbocycles. The summed E-state index contributed by atoms with van der Waals surface area (Å²) in [5.74, 6) is 0. The predicted molar refractivity (Wildman–Crippen MR) is 75.9 cm³/mol. The summed E-state index contributed by atoms with van der Waals surface area (Å²) in [7, 11) is 0. The average molecular weight is 263 g/mol. The van der Waals surface area contributed by atoms with Crippen molar-refractivity contribution in [1.82, 2.24) is 14.5 Å². The molecule has 3 nitrogen and oxygen atoms in total. The minimum Gasteiger partial charge on any atom is -0.332 e. The van der Waals surface area contributed by atoms with E-state index < -0.39 is 0 Å². The summed E-state index contributed by atoms with van der Waals surface area (Å²) < 4.78 is 2.18. The Morgan fingerprint density at radius 1 is 1.22 bits per heavy atom. The molecule has 0 aliphatic rings. The van der Waals surface area contributed by atoms with Crippen LogP contribution in [-0.4, -0.2) is 14.5 Å². The molecule has 98 valence electrons. The molecule has 2 aromatic heterocycles. The lowest BCUT2D eigenvalue weighted by molar-refractivity contribution is 0.282. The van der Waals surface area contributed by atoms with Crippen LogP contribution in [0.4, 0.5) is 0 Å². The van der Waals surface area contributed by atoms with Crippen LogP contribution >= 0.6 is 11.3 Å². The third kappa shape index (κ3) is 2.80. The van der Waals surface area contributed by atoms with Gasteiger partial charge in [-0.25, -0.2) is 9.97 Å². The Labute approximate surface area is 113 Å². The average Bonchev–Trinajstić information content (AvgIpc) is 2.99. The van der Waals surface area contributed by atoms with Crippen molar-refractivity contribution < 1.29 is 0 Å². The highest BCUT2D eigenvalue weighted by Gasteiger charge is 2.27. The second kappa shape index (κ2) is 4.84. The number of aromatic nitrogens is 3. The molecule has 0 radical (unpaired) electrons. The summed E-state index contributed by atoms with van der Waals surface area (Å²) in [6, 6.07) is 0. The minimum atomic E-state index is 0.101. The van der Waals surface area contributed by atoms with Crippen LogP contribution in [0.3, 0.4) is 0 Å². The smallest absolute Gasteiger partial charge is 0.0950 e. The van der Waals surface area contributed by atoms with Gasteiger partial charge in [-0.3, -0.25) is 0 Å². The molecule has 0 saturated carbocycles. The zero-order chi connectivity index (χ0) is 13.2. The maximum absolute atomic E-state index is 4.45. The van der Waals surface area contributed by atoms with Gasteiger partial charge < -0.3 is 4.57 Å². The van der Waals surface area contributed by atoms with Gasteiger partial charge in [0, 0.05) is 28.7 Å². The maximum Gasteiger partial charge on any atom is 0.0950 e. The highest BCUT2D eigenvalue weighted by atomic mass is 32.1. The first-order chi connectivity index (χ1) is 8.42. The number of hydrogen-bond acceptors (Lipinski definition) is 3. The van der Waals surface area contributed by atoms with Crippen molar-refractivity contribution in [2.45, 2.75) is 51.5 Å². The zero-order valence-corrected chi connectivity index (χ0v) is 12.4. The number of hydrogen-bond donors (Lipinski definition) is 0. The van der Waals surface area contributed by atoms with E-state index in [1.165, 1.54) is 5.69 Å². The van der Waals surface area contributed by atoms with Crippen molar-refractivity contribution in [3.63, 3.8) is 0 Å². The Bertz CT molecular complexity index is 423. The molecular weight excluding hydrogens is 242 g/mol. The number of thiazole rings is 1. The molecule has 0 unspecified atom stereocenters. The minimum absolute atomic E-state index is 0.101. The van der Waals surface area contributed by atoms with Crippen molar-refractivity contribution in [2.75, 3.05) is 0 Å². The Hall–Kier alpha value is -1.16. The van der Waals surface area contributed by atoms with E-state index in [0.29, 0.717) is 0 Å². The lowest BCUT2D eigenvalue weighted by Gasteiger charge is -2.31. The summed E-state index contributed by atoms with van der Waals surface area (Å²) in [5, 5.41) is 2.16. The molecule has 0 saturated heterocycles. The molecule has 0 fully saturated rings. The van der Waals surface area contributed by atoms with E-state index in [9.17, 15) is 0 Å².